The average Bonchev–Trinajstić information content (AvgIpc) is 2.34. The van der Waals surface area contributed by atoms with Crippen LogP contribution in [0.3, 0.4) is 0 Å². The summed E-state index contributed by atoms with van der Waals surface area (Å²) in [5.74, 6) is -0.327. The molecular formula is C12H11BrN3O2-. The molecular weight excluding hydrogens is 298 g/mol. The first-order valence-electron chi connectivity index (χ1n) is 5.51. The molecule has 1 N–H and O–H groups in total. The van der Waals surface area contributed by atoms with E-state index >= 15 is 0 Å². The molecule has 0 atom stereocenters. The van der Waals surface area contributed by atoms with Crippen LogP contribution in [0.4, 0.5) is 5.82 Å². The lowest BCUT2D eigenvalue weighted by Gasteiger charge is -2.08. The minimum atomic E-state index is -1.04. The third-order valence-corrected chi connectivity index (χ3v) is 2.94. The van der Waals surface area contributed by atoms with Crippen molar-refractivity contribution in [1.82, 2.24) is 9.97 Å². The van der Waals surface area contributed by atoms with Crippen LogP contribution >= 0.6 is 15.9 Å². The second kappa shape index (κ2) is 5.77. The normalized spacial score (nSPS) is 10.5. The van der Waals surface area contributed by atoms with Crippen LogP contribution in [0.5, 0.6) is 0 Å². The Hall–Kier alpha value is -1.69. The highest BCUT2D eigenvalue weighted by Crippen LogP contribution is 2.23. The number of aromatic nitrogens is 2. The smallest absolute Gasteiger partial charge is 0.137 e. The third-order valence-electron chi connectivity index (χ3n) is 2.45. The van der Waals surface area contributed by atoms with Crippen molar-refractivity contribution in [3.8, 4) is 0 Å². The number of carboxylic acid groups (broad SMARTS) is 1. The van der Waals surface area contributed by atoms with Gasteiger partial charge >= 0.3 is 0 Å². The summed E-state index contributed by atoms with van der Waals surface area (Å²) in [6.45, 7) is 0.534. The highest BCUT2D eigenvalue weighted by Gasteiger charge is 2.03. The summed E-state index contributed by atoms with van der Waals surface area (Å²) in [6.07, 6.45) is 2.03. The molecule has 0 aliphatic carbocycles. The first kappa shape index (κ1) is 12.8. The predicted octanol–water partition coefficient (Wildman–Crippen LogP) is 1.33. The minimum absolute atomic E-state index is 0.0414. The number of anilines is 1. The van der Waals surface area contributed by atoms with Crippen LogP contribution in [0.25, 0.3) is 10.9 Å². The van der Waals surface area contributed by atoms with Gasteiger partial charge in [-0.05, 0) is 31.0 Å². The van der Waals surface area contributed by atoms with Crippen LogP contribution in [0.1, 0.15) is 12.8 Å². The van der Waals surface area contributed by atoms with E-state index in [1.54, 1.807) is 0 Å². The first-order chi connectivity index (χ1) is 8.66. The number of nitrogens with one attached hydrogen (secondary N) is 1. The number of benzene rings is 1. The lowest BCUT2D eigenvalue weighted by atomic mass is 10.2. The number of nitrogens with zero attached hydrogens (tertiary/aromatic N) is 2. The van der Waals surface area contributed by atoms with Gasteiger partial charge in [0.25, 0.3) is 0 Å². The molecule has 0 saturated carbocycles. The molecule has 0 bridgehead atoms. The number of halogens is 1. The zero-order valence-electron chi connectivity index (χ0n) is 9.52. The molecule has 0 fully saturated rings. The van der Waals surface area contributed by atoms with Crippen molar-refractivity contribution in [2.75, 3.05) is 11.9 Å². The van der Waals surface area contributed by atoms with Crippen molar-refractivity contribution >= 4 is 38.6 Å². The second-order valence-corrected chi connectivity index (χ2v) is 4.70. The molecule has 0 aliphatic rings. The number of fused-ring (bicyclic) bond motifs is 1. The van der Waals surface area contributed by atoms with Crippen molar-refractivity contribution in [3.63, 3.8) is 0 Å². The van der Waals surface area contributed by atoms with Gasteiger partial charge in [0, 0.05) is 22.4 Å². The Balaban J connectivity index is 2.12. The molecule has 0 radical (unpaired) electrons. The maximum Gasteiger partial charge on any atom is 0.137 e. The van der Waals surface area contributed by atoms with E-state index in [0.717, 1.165) is 15.4 Å². The van der Waals surface area contributed by atoms with Crippen molar-refractivity contribution in [1.29, 1.82) is 0 Å². The van der Waals surface area contributed by atoms with Gasteiger partial charge in [0.05, 0.1) is 5.52 Å². The van der Waals surface area contributed by atoms with Crippen LogP contribution < -0.4 is 10.4 Å². The Morgan fingerprint density at radius 3 is 3.00 bits per heavy atom. The molecule has 5 nitrogen and oxygen atoms in total. The maximum absolute atomic E-state index is 10.3. The van der Waals surface area contributed by atoms with E-state index in [4.69, 9.17) is 0 Å². The lowest BCUT2D eigenvalue weighted by Crippen LogP contribution is -2.22. The summed E-state index contributed by atoms with van der Waals surface area (Å²) in [6, 6.07) is 5.74. The van der Waals surface area contributed by atoms with Crippen LogP contribution in [0, 0.1) is 0 Å². The summed E-state index contributed by atoms with van der Waals surface area (Å²) in [7, 11) is 0. The van der Waals surface area contributed by atoms with Gasteiger partial charge in [-0.3, -0.25) is 0 Å². The standard InChI is InChI=1S/C12H12BrN3O2/c13-8-3-4-10-9(6-8)12(16-7-15-10)14-5-1-2-11(17)18/h3-4,6-7H,1-2,5H2,(H,17,18)(H,14,15,16)/p-1. The highest BCUT2D eigenvalue weighted by molar-refractivity contribution is 9.10. The van der Waals surface area contributed by atoms with E-state index in [-0.39, 0.29) is 6.42 Å². The maximum atomic E-state index is 10.3. The Morgan fingerprint density at radius 2 is 2.22 bits per heavy atom. The van der Waals surface area contributed by atoms with Gasteiger partial charge in [-0.1, -0.05) is 15.9 Å². The van der Waals surface area contributed by atoms with Gasteiger partial charge in [-0.25, -0.2) is 9.97 Å². The lowest BCUT2D eigenvalue weighted by molar-refractivity contribution is -0.305. The molecule has 2 rings (SSSR count). The number of hydrogen-bond acceptors (Lipinski definition) is 5. The summed E-state index contributed by atoms with van der Waals surface area (Å²) < 4.78 is 0.947. The molecule has 0 unspecified atom stereocenters. The number of hydrogen-bond donors (Lipinski definition) is 1. The molecule has 2 aromatic rings. The van der Waals surface area contributed by atoms with E-state index in [9.17, 15) is 9.90 Å². The fraction of sp³-hybridized carbons (Fsp3) is 0.250. The topological polar surface area (TPSA) is 77.9 Å². The van der Waals surface area contributed by atoms with Crippen LogP contribution in [0.15, 0.2) is 29.0 Å². The van der Waals surface area contributed by atoms with Crippen LogP contribution in [0.2, 0.25) is 0 Å². The number of aliphatic carboxylic acids is 1. The average molecular weight is 309 g/mol. The van der Waals surface area contributed by atoms with E-state index in [0.29, 0.717) is 18.8 Å². The molecule has 18 heavy (non-hydrogen) atoms. The fourth-order valence-electron chi connectivity index (χ4n) is 1.61. The van der Waals surface area contributed by atoms with Crippen LogP contribution in [-0.4, -0.2) is 22.5 Å². The van der Waals surface area contributed by atoms with E-state index < -0.39 is 5.97 Å². The molecule has 6 heteroatoms. The number of carboxylic acids is 1. The van der Waals surface area contributed by atoms with Gasteiger partial charge in [0.1, 0.15) is 12.1 Å². The van der Waals surface area contributed by atoms with Gasteiger partial charge in [-0.2, -0.15) is 0 Å². The molecule has 1 aromatic heterocycles. The quantitative estimate of drug-likeness (QED) is 0.843. The molecule has 0 amide bonds. The molecule has 1 heterocycles. The van der Waals surface area contributed by atoms with Crippen molar-refractivity contribution in [2.24, 2.45) is 0 Å². The van der Waals surface area contributed by atoms with Gasteiger partial charge in [0.2, 0.25) is 0 Å². The fourth-order valence-corrected chi connectivity index (χ4v) is 1.97. The minimum Gasteiger partial charge on any atom is -0.550 e. The van der Waals surface area contributed by atoms with Crippen molar-refractivity contribution in [2.45, 2.75) is 12.8 Å². The molecule has 94 valence electrons. The van der Waals surface area contributed by atoms with Gasteiger partial charge in [-0.15, -0.1) is 0 Å². The summed E-state index contributed by atoms with van der Waals surface area (Å²) in [4.78, 5) is 18.6. The largest absolute Gasteiger partial charge is 0.550 e. The Kier molecular flexibility index (Phi) is 4.09. The van der Waals surface area contributed by atoms with Crippen molar-refractivity contribution in [3.05, 3.63) is 29.0 Å². The summed E-state index contributed by atoms with van der Waals surface area (Å²) in [5, 5.41) is 14.3. The Morgan fingerprint density at radius 1 is 1.39 bits per heavy atom. The monoisotopic (exact) mass is 308 g/mol. The zero-order valence-corrected chi connectivity index (χ0v) is 11.1. The number of carbonyl (C=O) groups excluding carboxylic acids is 1. The van der Waals surface area contributed by atoms with Crippen LogP contribution in [-0.2, 0) is 4.79 Å². The first-order valence-corrected chi connectivity index (χ1v) is 6.30. The van der Waals surface area contributed by atoms with Crippen molar-refractivity contribution < 1.29 is 9.90 Å². The molecule has 0 saturated heterocycles. The Bertz CT molecular complexity index is 574. The predicted molar refractivity (Wildman–Crippen MR) is 70.0 cm³/mol. The third kappa shape index (κ3) is 3.16. The SMILES string of the molecule is O=C([O-])CCCNc1ncnc2ccc(Br)cc12. The van der Waals surface area contributed by atoms with Gasteiger partial charge in [0.15, 0.2) is 0 Å². The summed E-state index contributed by atoms with van der Waals surface area (Å²) in [5.41, 5.74) is 0.843. The molecule has 1 aromatic carbocycles. The summed E-state index contributed by atoms with van der Waals surface area (Å²) >= 11 is 3.40. The Labute approximate surface area is 112 Å². The highest BCUT2D eigenvalue weighted by atomic mass is 79.9. The van der Waals surface area contributed by atoms with E-state index in [1.165, 1.54) is 6.33 Å². The van der Waals surface area contributed by atoms with E-state index in [1.807, 2.05) is 18.2 Å². The molecule has 0 aliphatic heterocycles. The number of carbonyl (C=O) groups is 1. The van der Waals surface area contributed by atoms with E-state index in [2.05, 4.69) is 31.2 Å². The van der Waals surface area contributed by atoms with Gasteiger partial charge < -0.3 is 15.2 Å². The second-order valence-electron chi connectivity index (χ2n) is 3.79. The molecule has 0 spiro atoms. The number of rotatable bonds is 5. The zero-order chi connectivity index (χ0) is 13.0.